The predicted octanol–water partition coefficient (Wildman–Crippen LogP) is 2.33. The van der Waals surface area contributed by atoms with Gasteiger partial charge in [0.05, 0.1) is 6.61 Å². The molecular formula is C19H29N3O2. The molecule has 1 unspecified atom stereocenters. The van der Waals surface area contributed by atoms with Gasteiger partial charge in [0.1, 0.15) is 0 Å². The molecule has 0 aliphatic carbocycles. The molecule has 1 aromatic carbocycles. The number of amides is 2. The predicted molar refractivity (Wildman–Crippen MR) is 94.9 cm³/mol. The molecule has 24 heavy (non-hydrogen) atoms. The first-order valence-electron chi connectivity index (χ1n) is 9.07. The number of nitrogens with one attached hydrogen (secondary N) is 2. The fourth-order valence-corrected chi connectivity index (χ4v) is 4.08. The number of rotatable bonds is 4. The van der Waals surface area contributed by atoms with Crippen LogP contribution in [-0.4, -0.2) is 50.8 Å². The van der Waals surface area contributed by atoms with Crippen molar-refractivity contribution >= 4 is 6.03 Å². The summed E-state index contributed by atoms with van der Waals surface area (Å²) in [5.74, 6) is 0.607. The van der Waals surface area contributed by atoms with Crippen molar-refractivity contribution in [3.63, 3.8) is 0 Å². The number of nitrogens with zero attached hydrogens (tertiary/aromatic N) is 1. The molecule has 0 saturated carbocycles. The Morgan fingerprint density at radius 3 is 2.75 bits per heavy atom. The molecule has 2 N–H and O–H groups in total. The average Bonchev–Trinajstić information content (AvgIpc) is 3.12. The molecule has 132 valence electrons. The Bertz CT molecular complexity index is 531. The van der Waals surface area contributed by atoms with Gasteiger partial charge in [0.15, 0.2) is 0 Å². The van der Waals surface area contributed by atoms with Crippen molar-refractivity contribution in [2.45, 2.75) is 31.2 Å². The van der Waals surface area contributed by atoms with Gasteiger partial charge in [-0.3, -0.25) is 4.90 Å². The molecule has 0 radical (unpaired) electrons. The van der Waals surface area contributed by atoms with E-state index in [4.69, 9.17) is 4.74 Å². The fraction of sp³-hybridized carbons (Fsp3) is 0.632. The van der Waals surface area contributed by atoms with Crippen molar-refractivity contribution in [2.75, 3.05) is 39.9 Å². The van der Waals surface area contributed by atoms with Gasteiger partial charge in [-0.05, 0) is 44.2 Å². The van der Waals surface area contributed by atoms with Crippen molar-refractivity contribution in [3.05, 3.63) is 35.9 Å². The summed E-state index contributed by atoms with van der Waals surface area (Å²) in [5, 5.41) is 5.93. The summed E-state index contributed by atoms with van der Waals surface area (Å²) in [6.45, 7) is 4.20. The zero-order chi connectivity index (χ0) is 16.8. The quantitative estimate of drug-likeness (QED) is 0.890. The lowest BCUT2D eigenvalue weighted by Crippen LogP contribution is -2.47. The molecule has 2 fully saturated rings. The molecule has 2 saturated heterocycles. The van der Waals surface area contributed by atoms with E-state index in [-0.39, 0.29) is 11.6 Å². The van der Waals surface area contributed by atoms with E-state index in [9.17, 15) is 4.79 Å². The highest BCUT2D eigenvalue weighted by atomic mass is 16.5. The average molecular weight is 331 g/mol. The fourth-order valence-electron chi connectivity index (χ4n) is 4.08. The molecule has 1 aromatic rings. The Balaban J connectivity index is 1.85. The van der Waals surface area contributed by atoms with E-state index in [1.54, 1.807) is 0 Å². The van der Waals surface area contributed by atoms with Crippen LogP contribution in [0.3, 0.4) is 0 Å². The topological polar surface area (TPSA) is 53.6 Å². The summed E-state index contributed by atoms with van der Waals surface area (Å²) in [4.78, 5) is 14.2. The Kier molecular flexibility index (Phi) is 5.74. The van der Waals surface area contributed by atoms with Crippen LogP contribution in [0.25, 0.3) is 0 Å². The summed E-state index contributed by atoms with van der Waals surface area (Å²) >= 11 is 0. The Labute approximate surface area is 144 Å². The van der Waals surface area contributed by atoms with E-state index in [0.29, 0.717) is 12.5 Å². The molecule has 2 heterocycles. The van der Waals surface area contributed by atoms with Gasteiger partial charge in [-0.1, -0.05) is 30.3 Å². The first-order chi connectivity index (χ1) is 11.7. The first kappa shape index (κ1) is 17.2. The molecule has 2 atom stereocenters. The maximum absolute atomic E-state index is 11.7. The van der Waals surface area contributed by atoms with Crippen molar-refractivity contribution in [1.82, 2.24) is 15.5 Å². The van der Waals surface area contributed by atoms with E-state index in [1.165, 1.54) is 5.56 Å². The lowest BCUT2D eigenvalue weighted by molar-refractivity contribution is 0.0732. The highest BCUT2D eigenvalue weighted by Gasteiger charge is 2.37. The molecule has 2 amide bonds. The van der Waals surface area contributed by atoms with Crippen LogP contribution in [0.4, 0.5) is 4.79 Å². The highest BCUT2D eigenvalue weighted by Crippen LogP contribution is 2.37. The van der Waals surface area contributed by atoms with Crippen molar-refractivity contribution in [3.8, 4) is 0 Å². The number of hydrogen-bond acceptors (Lipinski definition) is 3. The summed E-state index contributed by atoms with van der Waals surface area (Å²) in [6, 6.07) is 10.7. The van der Waals surface area contributed by atoms with E-state index in [2.05, 4.69) is 52.9 Å². The number of carbonyl (C=O) groups excluding carboxylic acids is 1. The van der Waals surface area contributed by atoms with Crippen molar-refractivity contribution < 1.29 is 9.53 Å². The molecule has 2 aliphatic heterocycles. The van der Waals surface area contributed by atoms with Crippen molar-refractivity contribution in [1.29, 1.82) is 0 Å². The summed E-state index contributed by atoms with van der Waals surface area (Å²) < 4.78 is 5.57. The van der Waals surface area contributed by atoms with Gasteiger partial charge in [-0.15, -0.1) is 0 Å². The molecule has 0 bridgehead atoms. The lowest BCUT2D eigenvalue weighted by Gasteiger charge is -2.44. The minimum Gasteiger partial charge on any atom is -0.381 e. The van der Waals surface area contributed by atoms with Gasteiger partial charge in [0.2, 0.25) is 0 Å². The Morgan fingerprint density at radius 2 is 2.00 bits per heavy atom. The lowest BCUT2D eigenvalue weighted by atomic mass is 9.80. The second-order valence-corrected chi connectivity index (χ2v) is 7.04. The van der Waals surface area contributed by atoms with Gasteiger partial charge in [-0.25, -0.2) is 4.79 Å². The van der Waals surface area contributed by atoms with Gasteiger partial charge in [0, 0.05) is 31.8 Å². The smallest absolute Gasteiger partial charge is 0.314 e. The van der Waals surface area contributed by atoms with Gasteiger partial charge in [0.25, 0.3) is 0 Å². The van der Waals surface area contributed by atoms with Crippen LogP contribution in [0.5, 0.6) is 0 Å². The third-order valence-electron chi connectivity index (χ3n) is 5.47. The van der Waals surface area contributed by atoms with E-state index >= 15 is 0 Å². The summed E-state index contributed by atoms with van der Waals surface area (Å²) in [7, 11) is 2.23. The van der Waals surface area contributed by atoms with Crippen LogP contribution in [0.1, 0.15) is 31.2 Å². The van der Waals surface area contributed by atoms with E-state index < -0.39 is 0 Å². The van der Waals surface area contributed by atoms with Crippen LogP contribution >= 0.6 is 0 Å². The minimum absolute atomic E-state index is 0.0385. The maximum Gasteiger partial charge on any atom is 0.314 e. The van der Waals surface area contributed by atoms with Gasteiger partial charge < -0.3 is 15.4 Å². The van der Waals surface area contributed by atoms with Gasteiger partial charge in [-0.2, -0.15) is 0 Å². The zero-order valence-corrected chi connectivity index (χ0v) is 14.6. The van der Waals surface area contributed by atoms with E-state index in [1.807, 2.05) is 0 Å². The maximum atomic E-state index is 11.7. The first-order valence-corrected chi connectivity index (χ1v) is 9.07. The van der Waals surface area contributed by atoms with Crippen LogP contribution in [0.15, 0.2) is 30.3 Å². The number of ether oxygens (including phenoxy) is 1. The third kappa shape index (κ3) is 3.90. The third-order valence-corrected chi connectivity index (χ3v) is 5.47. The normalized spacial score (nSPS) is 28.6. The highest BCUT2D eigenvalue weighted by molar-refractivity contribution is 5.73. The Hall–Kier alpha value is -1.59. The Morgan fingerprint density at radius 1 is 1.21 bits per heavy atom. The number of urea groups is 1. The molecule has 0 spiro atoms. The monoisotopic (exact) mass is 331 g/mol. The number of benzene rings is 1. The SMILES string of the molecule is CN(CC1CCOC1)[C@@]1(c2ccccc2)CCCNC(=O)NCC1. The standard InChI is InChI=1S/C19H29N3O2/c1-22(14-16-8-13-24-15-16)19(17-6-3-2-4-7-17)9-5-11-20-18(23)21-12-10-19/h2-4,6-7,16H,5,8-15H2,1H3,(H2,20,21,23)/t16?,19-/m0/s1. The molecular weight excluding hydrogens is 302 g/mol. The largest absolute Gasteiger partial charge is 0.381 e. The van der Waals surface area contributed by atoms with Gasteiger partial charge >= 0.3 is 6.03 Å². The van der Waals surface area contributed by atoms with Crippen LogP contribution in [0, 0.1) is 5.92 Å². The zero-order valence-electron chi connectivity index (χ0n) is 14.6. The second kappa shape index (κ2) is 7.99. The molecule has 2 aliphatic rings. The number of hydrogen-bond donors (Lipinski definition) is 2. The van der Waals surface area contributed by atoms with Crippen LogP contribution < -0.4 is 10.6 Å². The summed E-state index contributed by atoms with van der Waals surface area (Å²) in [6.07, 6.45) is 4.10. The van der Waals surface area contributed by atoms with Crippen LogP contribution in [-0.2, 0) is 10.3 Å². The molecule has 0 aromatic heterocycles. The number of carbonyl (C=O) groups is 1. The van der Waals surface area contributed by atoms with E-state index in [0.717, 1.165) is 52.0 Å². The second-order valence-electron chi connectivity index (χ2n) is 7.04. The molecule has 3 rings (SSSR count). The molecule has 5 nitrogen and oxygen atoms in total. The minimum atomic E-state index is -0.0503. The summed E-state index contributed by atoms with van der Waals surface area (Å²) in [5.41, 5.74) is 1.31. The molecule has 5 heteroatoms. The van der Waals surface area contributed by atoms with Crippen molar-refractivity contribution in [2.24, 2.45) is 5.92 Å². The van der Waals surface area contributed by atoms with Crippen LogP contribution in [0.2, 0.25) is 0 Å².